The molecule has 0 N–H and O–H groups in total. The molecule has 0 saturated carbocycles. The summed E-state index contributed by atoms with van der Waals surface area (Å²) in [5.41, 5.74) is 2.81. The van der Waals surface area contributed by atoms with Crippen LogP contribution < -0.4 is 4.74 Å². The average molecular weight is 302 g/mol. The third-order valence-electron chi connectivity index (χ3n) is 3.58. The van der Waals surface area contributed by atoms with Crippen LogP contribution in [-0.4, -0.2) is 21.6 Å². The van der Waals surface area contributed by atoms with Crippen LogP contribution in [0, 0.1) is 0 Å². The summed E-state index contributed by atoms with van der Waals surface area (Å²) in [6, 6.07) is 14.1. The van der Waals surface area contributed by atoms with Crippen molar-refractivity contribution in [3.63, 3.8) is 0 Å². The number of hydrogen-bond donors (Lipinski definition) is 0. The van der Waals surface area contributed by atoms with Gasteiger partial charge in [0.2, 0.25) is 5.88 Å². The minimum atomic E-state index is 0.101. The summed E-state index contributed by atoms with van der Waals surface area (Å²) < 4.78 is 7.29. The molecule has 3 rings (SSSR count). The van der Waals surface area contributed by atoms with Gasteiger partial charge in [-0.1, -0.05) is 30.3 Å². The van der Waals surface area contributed by atoms with Gasteiger partial charge in [0.15, 0.2) is 5.65 Å². The zero-order valence-corrected chi connectivity index (χ0v) is 12.7. The minimum Gasteiger partial charge on any atom is -0.481 e. The van der Waals surface area contributed by atoms with Gasteiger partial charge >= 0.3 is 0 Å². The predicted molar refractivity (Wildman–Crippen MR) is 83.9 cm³/mol. The predicted octanol–water partition coefficient (Wildman–Crippen LogP) is 3.79. The second-order valence-electron chi connectivity index (χ2n) is 4.81. The SMILES string of the molecule is COc1ccc2nc(CCl)n(C(C)c3ccccc3)c2n1. The summed E-state index contributed by atoms with van der Waals surface area (Å²) >= 11 is 6.07. The van der Waals surface area contributed by atoms with E-state index in [0.717, 1.165) is 17.0 Å². The number of nitrogens with zero attached hydrogens (tertiary/aromatic N) is 3. The van der Waals surface area contributed by atoms with Crippen molar-refractivity contribution in [2.75, 3.05) is 7.11 Å². The Balaban J connectivity index is 2.19. The van der Waals surface area contributed by atoms with Gasteiger partial charge in [0.25, 0.3) is 0 Å². The number of pyridine rings is 1. The molecule has 0 fully saturated rings. The van der Waals surface area contributed by atoms with E-state index in [1.807, 2.05) is 30.3 Å². The molecule has 0 bridgehead atoms. The van der Waals surface area contributed by atoms with Gasteiger partial charge in [-0.2, -0.15) is 4.98 Å². The highest BCUT2D eigenvalue weighted by Gasteiger charge is 2.18. The molecule has 1 aromatic carbocycles. The highest BCUT2D eigenvalue weighted by molar-refractivity contribution is 6.16. The minimum absolute atomic E-state index is 0.101. The van der Waals surface area contributed by atoms with Crippen LogP contribution >= 0.6 is 11.6 Å². The third kappa shape index (κ3) is 2.47. The number of ether oxygens (including phenoxy) is 1. The number of halogens is 1. The standard InChI is InChI=1S/C16H16ClN3O/c1-11(12-6-4-3-5-7-12)20-14(10-17)18-13-8-9-15(21-2)19-16(13)20/h3-9,11H,10H2,1-2H3. The molecule has 0 aliphatic carbocycles. The van der Waals surface area contributed by atoms with Gasteiger partial charge in [-0.05, 0) is 18.6 Å². The zero-order chi connectivity index (χ0) is 14.8. The number of fused-ring (bicyclic) bond motifs is 1. The van der Waals surface area contributed by atoms with E-state index >= 15 is 0 Å². The molecule has 1 unspecified atom stereocenters. The number of methoxy groups -OCH3 is 1. The van der Waals surface area contributed by atoms with Crippen LogP contribution in [0.15, 0.2) is 42.5 Å². The molecular formula is C16H16ClN3O. The molecule has 108 valence electrons. The lowest BCUT2D eigenvalue weighted by atomic mass is 10.1. The van der Waals surface area contributed by atoms with Crippen LogP contribution in [0.3, 0.4) is 0 Å². The number of rotatable bonds is 4. The summed E-state index contributed by atoms with van der Waals surface area (Å²) in [6.45, 7) is 2.12. The van der Waals surface area contributed by atoms with E-state index in [-0.39, 0.29) is 6.04 Å². The second-order valence-corrected chi connectivity index (χ2v) is 5.08. The van der Waals surface area contributed by atoms with Crippen molar-refractivity contribution in [2.24, 2.45) is 0 Å². The van der Waals surface area contributed by atoms with Crippen LogP contribution in [-0.2, 0) is 5.88 Å². The summed E-state index contributed by atoms with van der Waals surface area (Å²) in [6.07, 6.45) is 0. The van der Waals surface area contributed by atoms with E-state index in [9.17, 15) is 0 Å². The fraction of sp³-hybridized carbons (Fsp3) is 0.250. The fourth-order valence-corrected chi connectivity index (χ4v) is 2.69. The van der Waals surface area contributed by atoms with Crippen molar-refractivity contribution in [3.8, 4) is 5.88 Å². The van der Waals surface area contributed by atoms with Gasteiger partial charge in [-0.15, -0.1) is 11.6 Å². The molecule has 21 heavy (non-hydrogen) atoms. The molecular weight excluding hydrogens is 286 g/mol. The lowest BCUT2D eigenvalue weighted by molar-refractivity contribution is 0.398. The highest BCUT2D eigenvalue weighted by atomic mass is 35.5. The van der Waals surface area contributed by atoms with Gasteiger partial charge in [-0.25, -0.2) is 4.98 Å². The number of imidazole rings is 1. The van der Waals surface area contributed by atoms with Crippen LogP contribution in [0.25, 0.3) is 11.2 Å². The summed E-state index contributed by atoms with van der Waals surface area (Å²) in [5, 5.41) is 0. The summed E-state index contributed by atoms with van der Waals surface area (Å²) in [7, 11) is 1.61. The Labute approximate surface area is 128 Å². The van der Waals surface area contributed by atoms with E-state index < -0.39 is 0 Å². The Kier molecular flexibility index (Phi) is 3.80. The van der Waals surface area contributed by atoms with Crippen LogP contribution in [0.5, 0.6) is 5.88 Å². The maximum Gasteiger partial charge on any atom is 0.215 e. The van der Waals surface area contributed by atoms with Crippen molar-refractivity contribution >= 4 is 22.8 Å². The van der Waals surface area contributed by atoms with E-state index in [0.29, 0.717) is 11.8 Å². The lowest BCUT2D eigenvalue weighted by Crippen LogP contribution is -2.10. The zero-order valence-electron chi connectivity index (χ0n) is 12.0. The maximum absolute atomic E-state index is 6.07. The molecule has 1 atom stereocenters. The monoisotopic (exact) mass is 301 g/mol. The smallest absolute Gasteiger partial charge is 0.215 e. The first kappa shape index (κ1) is 13.9. The summed E-state index contributed by atoms with van der Waals surface area (Å²) in [4.78, 5) is 9.09. The van der Waals surface area contributed by atoms with Crippen molar-refractivity contribution in [1.82, 2.24) is 14.5 Å². The quantitative estimate of drug-likeness (QED) is 0.688. The highest BCUT2D eigenvalue weighted by Crippen LogP contribution is 2.27. The normalized spacial score (nSPS) is 12.5. The Morgan fingerprint density at radius 2 is 1.90 bits per heavy atom. The molecule has 0 amide bonds. The largest absolute Gasteiger partial charge is 0.481 e. The van der Waals surface area contributed by atoms with Gasteiger partial charge in [0.05, 0.1) is 19.0 Å². The number of aromatic nitrogens is 3. The van der Waals surface area contributed by atoms with Gasteiger partial charge in [0, 0.05) is 6.07 Å². The Bertz CT molecular complexity index is 755. The number of hydrogen-bond acceptors (Lipinski definition) is 3. The molecule has 2 heterocycles. The van der Waals surface area contributed by atoms with E-state index in [1.165, 1.54) is 5.56 Å². The molecule has 0 aliphatic rings. The fourth-order valence-electron chi connectivity index (χ4n) is 2.50. The number of alkyl halides is 1. The first-order valence-corrected chi connectivity index (χ1v) is 7.30. The van der Waals surface area contributed by atoms with E-state index in [1.54, 1.807) is 7.11 Å². The van der Waals surface area contributed by atoms with Gasteiger partial charge < -0.3 is 9.30 Å². The molecule has 0 spiro atoms. The average Bonchev–Trinajstić information content (AvgIpc) is 2.92. The van der Waals surface area contributed by atoms with Crippen LogP contribution in [0.4, 0.5) is 0 Å². The Morgan fingerprint density at radius 1 is 1.14 bits per heavy atom. The molecule has 3 aromatic rings. The van der Waals surface area contributed by atoms with E-state index in [4.69, 9.17) is 16.3 Å². The topological polar surface area (TPSA) is 39.9 Å². The molecule has 4 nitrogen and oxygen atoms in total. The van der Waals surface area contributed by atoms with Crippen molar-refractivity contribution in [3.05, 3.63) is 53.9 Å². The summed E-state index contributed by atoms with van der Waals surface area (Å²) in [5.74, 6) is 1.73. The molecule has 5 heteroatoms. The van der Waals surface area contributed by atoms with Gasteiger partial charge in [-0.3, -0.25) is 0 Å². The Morgan fingerprint density at radius 3 is 2.57 bits per heavy atom. The second kappa shape index (κ2) is 5.74. The van der Waals surface area contributed by atoms with Gasteiger partial charge in [0.1, 0.15) is 11.3 Å². The number of benzene rings is 1. The van der Waals surface area contributed by atoms with Crippen LogP contribution in [0.1, 0.15) is 24.4 Å². The maximum atomic E-state index is 6.07. The van der Waals surface area contributed by atoms with Crippen molar-refractivity contribution in [1.29, 1.82) is 0 Å². The third-order valence-corrected chi connectivity index (χ3v) is 3.82. The molecule has 2 aromatic heterocycles. The van der Waals surface area contributed by atoms with Crippen molar-refractivity contribution in [2.45, 2.75) is 18.8 Å². The molecule has 0 saturated heterocycles. The van der Waals surface area contributed by atoms with E-state index in [2.05, 4.69) is 33.6 Å². The van der Waals surface area contributed by atoms with Crippen LogP contribution in [0.2, 0.25) is 0 Å². The molecule has 0 radical (unpaired) electrons. The first-order chi connectivity index (χ1) is 10.2. The lowest BCUT2D eigenvalue weighted by Gasteiger charge is -2.17. The van der Waals surface area contributed by atoms with Crippen molar-refractivity contribution < 1.29 is 4.74 Å². The Hall–Kier alpha value is -2.07. The molecule has 0 aliphatic heterocycles. The first-order valence-electron chi connectivity index (χ1n) is 6.77.